The van der Waals surface area contributed by atoms with Gasteiger partial charge in [0.1, 0.15) is 28.9 Å². The molecule has 18 rings (SSSR count). The quantitative estimate of drug-likeness (QED) is 0.0892. The first kappa shape index (κ1) is 76.7. The van der Waals surface area contributed by atoms with Gasteiger partial charge in [0.05, 0.1) is 68.8 Å². The van der Waals surface area contributed by atoms with Crippen molar-refractivity contribution in [2.45, 2.75) is 173 Å². The molecule has 0 aromatic heterocycles. The third-order valence-corrected chi connectivity index (χ3v) is 24.8. The molecular formula is C93H103F2N9O9. The maximum absolute atomic E-state index is 14.0. The van der Waals surface area contributed by atoms with E-state index in [4.69, 9.17) is 14.2 Å². The lowest BCUT2D eigenvalue weighted by molar-refractivity contribution is 0.0477. The van der Waals surface area contributed by atoms with Crippen LogP contribution in [0.4, 0.5) is 25.8 Å². The van der Waals surface area contributed by atoms with Gasteiger partial charge in [-0.05, 0) is 230 Å². The molecule has 20 heteroatoms. The van der Waals surface area contributed by atoms with Crippen molar-refractivity contribution in [3.05, 3.63) is 215 Å². The van der Waals surface area contributed by atoms with Gasteiger partial charge in [-0.25, -0.2) is 8.78 Å². The highest BCUT2D eigenvalue weighted by Gasteiger charge is 2.47. The lowest BCUT2D eigenvalue weighted by Crippen LogP contribution is -2.52. The van der Waals surface area contributed by atoms with Gasteiger partial charge in [0.2, 0.25) is 0 Å². The number of rotatable bonds is 15. The topological polar surface area (TPSA) is 159 Å². The summed E-state index contributed by atoms with van der Waals surface area (Å²) in [4.78, 5) is 99.6. The summed E-state index contributed by atoms with van der Waals surface area (Å²) < 4.78 is 46.1. The van der Waals surface area contributed by atoms with E-state index in [0.29, 0.717) is 62.3 Å². The van der Waals surface area contributed by atoms with Crippen LogP contribution in [0.5, 0.6) is 17.2 Å². The van der Waals surface area contributed by atoms with Crippen LogP contribution in [0, 0.1) is 11.6 Å². The van der Waals surface area contributed by atoms with E-state index in [2.05, 4.69) is 113 Å². The lowest BCUT2D eigenvalue weighted by Gasteiger charge is -2.43. The molecule has 18 nitrogen and oxygen atoms in total. The van der Waals surface area contributed by atoms with Crippen molar-refractivity contribution in [3.63, 3.8) is 0 Å². The second kappa shape index (κ2) is 33.0. The maximum atomic E-state index is 14.0. The number of para-hydroxylation sites is 6. The normalized spacial score (nSPS) is 22.5. The fourth-order valence-corrected chi connectivity index (χ4v) is 19.3. The largest absolute Gasteiger partial charge is 0.489 e. The summed E-state index contributed by atoms with van der Waals surface area (Å²) >= 11 is 0. The van der Waals surface area contributed by atoms with Gasteiger partial charge in [-0.1, -0.05) is 91.0 Å². The second-order valence-corrected chi connectivity index (χ2v) is 32.7. The predicted molar refractivity (Wildman–Crippen MR) is 439 cm³/mol. The highest BCUT2D eigenvalue weighted by atomic mass is 19.1. The Kier molecular flexibility index (Phi) is 22.4. The summed E-state index contributed by atoms with van der Waals surface area (Å²) in [6.45, 7) is 24.0. The summed E-state index contributed by atoms with van der Waals surface area (Å²) in [7, 11) is 0. The van der Waals surface area contributed by atoms with E-state index in [9.17, 15) is 37.5 Å². The Morgan fingerprint density at radius 1 is 0.283 bits per heavy atom. The van der Waals surface area contributed by atoms with Crippen LogP contribution in [0.2, 0.25) is 0 Å². The number of carbonyl (C=O) groups is 6. The highest BCUT2D eigenvalue weighted by Crippen LogP contribution is 2.42. The van der Waals surface area contributed by atoms with Gasteiger partial charge in [0.25, 0.3) is 35.4 Å². The number of benzene rings is 9. The number of imide groups is 3. The number of carbonyl (C=O) groups excluding carboxylic acids is 6. The molecule has 9 aromatic rings. The van der Waals surface area contributed by atoms with E-state index in [0.717, 1.165) is 206 Å². The van der Waals surface area contributed by atoms with Crippen molar-refractivity contribution < 1.29 is 51.8 Å². The molecular weight excluding hydrogens is 1430 g/mol. The Morgan fingerprint density at radius 2 is 0.540 bits per heavy atom. The van der Waals surface area contributed by atoms with Gasteiger partial charge in [0.15, 0.2) is 0 Å². The van der Waals surface area contributed by atoms with Crippen LogP contribution in [0.3, 0.4) is 0 Å². The Bertz CT molecular complexity index is 4850. The van der Waals surface area contributed by atoms with Crippen LogP contribution in [0.25, 0.3) is 32.3 Å². The average molecular weight is 1530 g/mol. The molecule has 6 heterocycles. The van der Waals surface area contributed by atoms with E-state index in [-0.39, 0.29) is 71.9 Å². The van der Waals surface area contributed by atoms with Gasteiger partial charge in [-0.3, -0.25) is 58.2 Å². The Hall–Kier alpha value is -10.3. The first-order chi connectivity index (χ1) is 54.8. The van der Waals surface area contributed by atoms with Gasteiger partial charge in [-0.2, -0.15) is 0 Å². The van der Waals surface area contributed by atoms with Crippen LogP contribution in [-0.4, -0.2) is 198 Å². The van der Waals surface area contributed by atoms with Crippen molar-refractivity contribution in [1.82, 2.24) is 29.4 Å². The van der Waals surface area contributed by atoms with Crippen LogP contribution >= 0.6 is 0 Å². The SMILES string of the molecule is CC(C)Oc1ccccc1N1CCN(C2CCC(N3C(=O)c4ccc5ccc(F)cc5c4C3=O)CC2)CC1.CC(C)Oc1ccccc1N1CCN(C2CCC(N3C(=O)c4ccc5ccc(F)cc5c4C3=O)CC2)CC1.CC(C)Oc1ccccc1N1CCN(C2CCC(N3C(=O)c4ccc5ccccc5c4C3=O)CC2)CC1. The zero-order valence-corrected chi connectivity index (χ0v) is 65.8. The number of fused-ring (bicyclic) bond motifs is 9. The number of amides is 6. The molecule has 9 aromatic carbocycles. The molecule has 3 aliphatic carbocycles. The Balaban J connectivity index is 0.000000128. The number of hydrogen-bond acceptors (Lipinski definition) is 15. The summed E-state index contributed by atoms with van der Waals surface area (Å²) in [5.74, 6) is 0.761. The number of anilines is 3. The highest BCUT2D eigenvalue weighted by molar-refractivity contribution is 6.28. The molecule has 0 radical (unpaired) electrons. The third kappa shape index (κ3) is 15.6. The molecule has 0 unspecified atom stereocenters. The summed E-state index contributed by atoms with van der Waals surface area (Å²) in [5, 5.41) is 4.48. The van der Waals surface area contributed by atoms with Gasteiger partial charge in [0, 0.05) is 115 Å². The minimum Gasteiger partial charge on any atom is -0.489 e. The fourth-order valence-electron chi connectivity index (χ4n) is 19.3. The molecule has 0 spiro atoms. The fraction of sp³-hybridized carbons (Fsp3) is 0.419. The van der Waals surface area contributed by atoms with Gasteiger partial charge in [-0.15, -0.1) is 0 Å². The van der Waals surface area contributed by atoms with E-state index >= 15 is 0 Å². The van der Waals surface area contributed by atoms with Crippen LogP contribution < -0.4 is 28.9 Å². The number of nitrogens with zero attached hydrogens (tertiary/aromatic N) is 9. The van der Waals surface area contributed by atoms with Gasteiger partial charge < -0.3 is 28.9 Å². The predicted octanol–water partition coefficient (Wildman–Crippen LogP) is 16.3. The van der Waals surface area contributed by atoms with Crippen LogP contribution in [0.1, 0.15) is 181 Å². The lowest BCUT2D eigenvalue weighted by atomic mass is 9.89. The zero-order valence-electron chi connectivity index (χ0n) is 65.8. The minimum atomic E-state index is -0.402. The van der Waals surface area contributed by atoms with Gasteiger partial charge >= 0.3 is 0 Å². The molecule has 6 aliphatic heterocycles. The third-order valence-electron chi connectivity index (χ3n) is 24.8. The van der Waals surface area contributed by atoms with E-state index in [1.807, 2.05) is 66.7 Å². The number of ether oxygens (including phenoxy) is 3. The first-order valence-corrected chi connectivity index (χ1v) is 41.2. The molecule has 6 fully saturated rings. The monoisotopic (exact) mass is 1530 g/mol. The maximum Gasteiger partial charge on any atom is 0.262 e. The summed E-state index contributed by atoms with van der Waals surface area (Å²) in [6.07, 6.45) is 11.2. The number of halogens is 2. The zero-order chi connectivity index (χ0) is 78.3. The van der Waals surface area contributed by atoms with Crippen molar-refractivity contribution in [3.8, 4) is 17.2 Å². The molecule has 9 aliphatic rings. The first-order valence-electron chi connectivity index (χ1n) is 41.2. The number of hydrogen-bond donors (Lipinski definition) is 0. The second-order valence-electron chi connectivity index (χ2n) is 32.7. The van der Waals surface area contributed by atoms with Crippen molar-refractivity contribution in [2.24, 2.45) is 0 Å². The van der Waals surface area contributed by atoms with Crippen molar-refractivity contribution >= 4 is 84.8 Å². The summed E-state index contributed by atoms with van der Waals surface area (Å²) in [5.41, 5.74) is 6.13. The molecule has 0 bridgehead atoms. The number of piperazine rings is 3. The smallest absolute Gasteiger partial charge is 0.262 e. The standard InChI is InChI=1S/2C31H34FN3O3.C31H35N3O3/c2*1-20(2)38-28-6-4-3-5-27(28)34-17-15-33(16-18-34)23-10-12-24(13-11-23)35-30(36)25-14-8-21-7-9-22(32)19-26(21)29(25)31(35)37;1-21(2)37-28-10-6-5-9-27(28)33-19-17-32(18-20-33)23-12-14-24(15-13-23)34-30(35)26-16-11-22-7-3-4-8-25(22)29(26)31(34)36/h2*3-9,14,19-20,23-24H,10-13,15-18H2,1-2H3;3-11,16,21,23-24H,12-15,17-20H2,1-2H3. The van der Waals surface area contributed by atoms with Crippen LogP contribution in [-0.2, 0) is 0 Å². The Labute approximate surface area is 661 Å². The van der Waals surface area contributed by atoms with E-state index in [1.54, 1.807) is 41.3 Å². The molecule has 6 amide bonds. The molecule has 113 heavy (non-hydrogen) atoms. The molecule has 588 valence electrons. The minimum absolute atomic E-state index is 0.0104. The molecule has 3 saturated carbocycles. The van der Waals surface area contributed by atoms with Crippen LogP contribution in [0.15, 0.2) is 170 Å². The van der Waals surface area contributed by atoms with E-state index in [1.165, 1.54) is 39.8 Å². The van der Waals surface area contributed by atoms with Crippen molar-refractivity contribution in [2.75, 3.05) is 93.2 Å². The Morgan fingerprint density at radius 3 is 0.850 bits per heavy atom. The van der Waals surface area contributed by atoms with Crippen molar-refractivity contribution in [1.29, 1.82) is 0 Å². The average Bonchev–Trinajstić information content (AvgIpc) is 1.60. The summed E-state index contributed by atoms with van der Waals surface area (Å²) in [6, 6.07) is 53.5. The molecule has 0 N–H and O–H groups in total. The molecule has 0 atom stereocenters. The molecule has 3 saturated heterocycles. The van der Waals surface area contributed by atoms with E-state index < -0.39 is 11.6 Å².